The summed E-state index contributed by atoms with van der Waals surface area (Å²) in [4.78, 5) is 0. The Balaban J connectivity index is 1.62. The highest BCUT2D eigenvalue weighted by atomic mass is 19.2. The molecular formula is C23H30F2O. The maximum Gasteiger partial charge on any atom is 0.200 e. The van der Waals surface area contributed by atoms with Crippen LogP contribution in [0, 0.1) is 41.7 Å². The molecule has 2 fully saturated rings. The van der Waals surface area contributed by atoms with Gasteiger partial charge >= 0.3 is 0 Å². The Morgan fingerprint density at radius 3 is 2.12 bits per heavy atom. The van der Waals surface area contributed by atoms with Crippen molar-refractivity contribution in [2.75, 3.05) is 0 Å². The lowest BCUT2D eigenvalue weighted by atomic mass is 9.68. The predicted molar refractivity (Wildman–Crippen MR) is 101 cm³/mol. The van der Waals surface area contributed by atoms with Crippen molar-refractivity contribution in [1.82, 2.24) is 0 Å². The first-order valence-electron chi connectivity index (χ1n) is 10.1. The summed E-state index contributed by atoms with van der Waals surface area (Å²) in [7, 11) is 0. The molecule has 3 heteroatoms. The van der Waals surface area contributed by atoms with Gasteiger partial charge in [-0.25, -0.2) is 4.39 Å². The number of rotatable bonds is 4. The third-order valence-electron chi connectivity index (χ3n) is 6.55. The Labute approximate surface area is 156 Å². The van der Waals surface area contributed by atoms with Crippen molar-refractivity contribution in [2.24, 2.45) is 17.8 Å². The number of benzene rings is 1. The van der Waals surface area contributed by atoms with Crippen LogP contribution in [0.1, 0.15) is 76.7 Å². The first-order chi connectivity index (χ1) is 12.5. The van der Waals surface area contributed by atoms with Crippen LogP contribution in [0.2, 0.25) is 0 Å². The highest BCUT2D eigenvalue weighted by Gasteiger charge is 2.32. The Morgan fingerprint density at radius 2 is 1.54 bits per heavy atom. The molecule has 0 aromatic heterocycles. The lowest BCUT2D eigenvalue weighted by molar-refractivity contribution is 0.164. The molecule has 1 atom stereocenters. The van der Waals surface area contributed by atoms with E-state index in [0.29, 0.717) is 5.56 Å². The molecule has 1 unspecified atom stereocenters. The summed E-state index contributed by atoms with van der Waals surface area (Å²) >= 11 is 0. The summed E-state index contributed by atoms with van der Waals surface area (Å²) in [5.74, 6) is 3.20. The van der Waals surface area contributed by atoms with Crippen molar-refractivity contribution in [1.29, 1.82) is 0 Å². The minimum Gasteiger partial charge on any atom is -0.475 e. The number of hydrogen-bond donors (Lipinski definition) is 0. The highest BCUT2D eigenvalue weighted by molar-refractivity contribution is 5.34. The molecule has 2 saturated carbocycles. The second kappa shape index (κ2) is 8.42. The third kappa shape index (κ3) is 4.22. The number of halogens is 2. The molecule has 3 rings (SSSR count). The normalized spacial score (nSPS) is 30.4. The second-order valence-corrected chi connectivity index (χ2v) is 8.34. The first-order valence-corrected chi connectivity index (χ1v) is 10.1. The largest absolute Gasteiger partial charge is 0.475 e. The molecule has 1 aromatic rings. The molecule has 0 aliphatic heterocycles. The fourth-order valence-electron chi connectivity index (χ4n) is 4.84. The van der Waals surface area contributed by atoms with Gasteiger partial charge in [0.05, 0.1) is 0 Å². The zero-order valence-corrected chi connectivity index (χ0v) is 15.9. The monoisotopic (exact) mass is 360 g/mol. The maximum absolute atomic E-state index is 14.6. The van der Waals surface area contributed by atoms with Crippen molar-refractivity contribution in [3.8, 4) is 18.1 Å². The minimum atomic E-state index is -0.909. The molecule has 0 bridgehead atoms. The topological polar surface area (TPSA) is 9.23 Å². The summed E-state index contributed by atoms with van der Waals surface area (Å²) in [5, 5.41) is 0. The number of hydrogen-bond acceptors (Lipinski definition) is 1. The van der Waals surface area contributed by atoms with E-state index in [0.717, 1.165) is 43.4 Å². The SMILES string of the molecule is C#CC(C)Oc1ccc(C2CCC(C3CCC(C)CC3)CC2)c(F)c1F. The zero-order valence-electron chi connectivity index (χ0n) is 15.9. The Morgan fingerprint density at radius 1 is 0.962 bits per heavy atom. The quantitative estimate of drug-likeness (QED) is 0.559. The molecule has 2 aliphatic rings. The molecule has 1 nitrogen and oxygen atoms in total. The van der Waals surface area contributed by atoms with Gasteiger partial charge in [0.25, 0.3) is 0 Å². The zero-order chi connectivity index (χ0) is 18.7. The van der Waals surface area contributed by atoms with E-state index >= 15 is 0 Å². The number of terminal acetylenes is 1. The van der Waals surface area contributed by atoms with Crippen molar-refractivity contribution in [3.05, 3.63) is 29.3 Å². The molecule has 0 heterocycles. The van der Waals surface area contributed by atoms with Crippen LogP contribution in [0.5, 0.6) is 5.75 Å². The summed E-state index contributed by atoms with van der Waals surface area (Å²) in [6.07, 6.45) is 14.2. The van der Waals surface area contributed by atoms with Crippen LogP contribution in [0.15, 0.2) is 12.1 Å². The predicted octanol–water partition coefficient (Wildman–Crippen LogP) is 6.47. The van der Waals surface area contributed by atoms with Gasteiger partial charge in [-0.05, 0) is 80.8 Å². The molecule has 26 heavy (non-hydrogen) atoms. The van der Waals surface area contributed by atoms with E-state index < -0.39 is 17.7 Å². The molecule has 142 valence electrons. The van der Waals surface area contributed by atoms with Gasteiger partial charge in [0.2, 0.25) is 5.82 Å². The second-order valence-electron chi connectivity index (χ2n) is 8.34. The van der Waals surface area contributed by atoms with Gasteiger partial charge in [0.15, 0.2) is 17.7 Å². The summed E-state index contributed by atoms with van der Waals surface area (Å²) in [6, 6.07) is 3.21. The molecule has 0 amide bonds. The molecule has 2 aliphatic carbocycles. The van der Waals surface area contributed by atoms with Crippen LogP contribution in [0.3, 0.4) is 0 Å². The maximum atomic E-state index is 14.6. The highest BCUT2D eigenvalue weighted by Crippen LogP contribution is 2.44. The summed E-state index contributed by atoms with van der Waals surface area (Å²) in [6.45, 7) is 3.99. The standard InChI is InChI=1S/C23H30F2O/c1-4-16(3)26-21-14-13-20(22(24)23(21)25)19-11-9-18(10-12-19)17-7-5-15(2)6-8-17/h1,13-19H,5-12H2,2-3H3. The van der Waals surface area contributed by atoms with Gasteiger partial charge in [-0.3, -0.25) is 0 Å². The first kappa shape index (κ1) is 19.2. The van der Waals surface area contributed by atoms with Crippen molar-refractivity contribution in [2.45, 2.75) is 77.2 Å². The molecule has 0 N–H and O–H groups in total. The summed E-state index contributed by atoms with van der Waals surface area (Å²) in [5.41, 5.74) is 0.499. The smallest absolute Gasteiger partial charge is 0.200 e. The van der Waals surface area contributed by atoms with E-state index in [2.05, 4.69) is 12.8 Å². The van der Waals surface area contributed by atoms with Crippen LogP contribution >= 0.6 is 0 Å². The number of ether oxygens (including phenoxy) is 1. The van der Waals surface area contributed by atoms with Crippen LogP contribution in [0.4, 0.5) is 8.78 Å². The van der Waals surface area contributed by atoms with E-state index in [-0.39, 0.29) is 11.7 Å². The van der Waals surface area contributed by atoms with Crippen molar-refractivity contribution >= 4 is 0 Å². The van der Waals surface area contributed by atoms with Crippen LogP contribution in [-0.2, 0) is 0 Å². The molecular weight excluding hydrogens is 330 g/mol. The van der Waals surface area contributed by atoms with E-state index in [1.807, 2.05) is 0 Å². The van der Waals surface area contributed by atoms with E-state index in [9.17, 15) is 8.78 Å². The van der Waals surface area contributed by atoms with Gasteiger partial charge in [-0.1, -0.05) is 31.8 Å². The molecule has 0 radical (unpaired) electrons. The van der Waals surface area contributed by atoms with Crippen LogP contribution < -0.4 is 4.74 Å². The van der Waals surface area contributed by atoms with Crippen LogP contribution in [-0.4, -0.2) is 6.10 Å². The van der Waals surface area contributed by atoms with E-state index in [4.69, 9.17) is 11.2 Å². The fraction of sp³-hybridized carbons (Fsp3) is 0.652. The third-order valence-corrected chi connectivity index (χ3v) is 6.55. The lowest BCUT2D eigenvalue weighted by Gasteiger charge is -2.37. The van der Waals surface area contributed by atoms with Gasteiger partial charge in [0, 0.05) is 0 Å². The van der Waals surface area contributed by atoms with Crippen molar-refractivity contribution in [3.63, 3.8) is 0 Å². The Kier molecular flexibility index (Phi) is 6.22. The Bertz CT molecular complexity index is 647. The van der Waals surface area contributed by atoms with Crippen molar-refractivity contribution < 1.29 is 13.5 Å². The fourth-order valence-corrected chi connectivity index (χ4v) is 4.84. The van der Waals surface area contributed by atoms with Gasteiger partial charge in [0.1, 0.15) is 0 Å². The van der Waals surface area contributed by atoms with Gasteiger partial charge in [-0.2, -0.15) is 4.39 Å². The molecule has 0 saturated heterocycles. The Hall–Kier alpha value is -1.56. The van der Waals surface area contributed by atoms with Gasteiger partial charge < -0.3 is 4.74 Å². The van der Waals surface area contributed by atoms with E-state index in [1.54, 1.807) is 13.0 Å². The van der Waals surface area contributed by atoms with Gasteiger partial charge in [-0.15, -0.1) is 6.42 Å². The minimum absolute atomic E-state index is 0.0956. The van der Waals surface area contributed by atoms with E-state index in [1.165, 1.54) is 31.7 Å². The van der Waals surface area contributed by atoms with Crippen LogP contribution in [0.25, 0.3) is 0 Å². The lowest BCUT2D eigenvalue weighted by Crippen LogP contribution is -2.25. The average molecular weight is 360 g/mol. The molecule has 1 aromatic carbocycles. The molecule has 0 spiro atoms. The summed E-state index contributed by atoms with van der Waals surface area (Å²) < 4.78 is 34.2. The average Bonchev–Trinajstić information content (AvgIpc) is 2.66.